The fourth-order valence-electron chi connectivity index (χ4n) is 3.13. The lowest BCUT2D eigenvalue weighted by Gasteiger charge is -2.15. The number of carbonyl (C=O) groups excluding carboxylic acids is 2. The summed E-state index contributed by atoms with van der Waals surface area (Å²) in [6.07, 6.45) is -4.73. The van der Waals surface area contributed by atoms with Crippen LogP contribution in [0, 0.1) is 11.3 Å². The summed E-state index contributed by atoms with van der Waals surface area (Å²) in [6.45, 7) is 3.38. The molecule has 3 aromatic rings. The highest BCUT2D eigenvalue weighted by molar-refractivity contribution is 8.00. The summed E-state index contributed by atoms with van der Waals surface area (Å²) in [7, 11) is 0. The number of rotatable bonds is 7. The molecule has 0 saturated carbocycles. The molecular formula is C25H20F3N3O2S. The van der Waals surface area contributed by atoms with Crippen LogP contribution in [0.15, 0.2) is 65.7 Å². The number of hydrogen-bond acceptors (Lipinski definition) is 5. The van der Waals surface area contributed by atoms with E-state index < -0.39 is 23.2 Å². The number of hydrogen-bond donors (Lipinski definition) is 1. The van der Waals surface area contributed by atoms with E-state index >= 15 is 0 Å². The third-order valence-corrected chi connectivity index (χ3v) is 5.81. The van der Waals surface area contributed by atoms with Crippen LogP contribution in [0.4, 0.5) is 18.9 Å². The van der Waals surface area contributed by atoms with Gasteiger partial charge in [0.15, 0.2) is 5.78 Å². The van der Waals surface area contributed by atoms with Gasteiger partial charge in [0, 0.05) is 16.8 Å². The fraction of sp³-hybridized carbons (Fsp3) is 0.200. The summed E-state index contributed by atoms with van der Waals surface area (Å²) in [4.78, 5) is 29.6. The predicted octanol–water partition coefficient (Wildman–Crippen LogP) is 6.06. The number of amides is 1. The van der Waals surface area contributed by atoms with Crippen molar-refractivity contribution in [3.8, 4) is 6.07 Å². The van der Waals surface area contributed by atoms with Gasteiger partial charge in [-0.3, -0.25) is 9.59 Å². The van der Waals surface area contributed by atoms with Crippen LogP contribution in [0.25, 0.3) is 0 Å². The van der Waals surface area contributed by atoms with E-state index in [1.807, 2.05) is 0 Å². The molecule has 0 aliphatic heterocycles. The van der Waals surface area contributed by atoms with Crippen molar-refractivity contribution in [3.05, 3.63) is 88.6 Å². The van der Waals surface area contributed by atoms with Gasteiger partial charge in [-0.05, 0) is 24.1 Å². The number of nitrogens with one attached hydrogen (secondary N) is 1. The first kappa shape index (κ1) is 25.0. The Bertz CT molecular complexity index is 1250. The molecule has 1 N–H and O–H groups in total. The Labute approximate surface area is 199 Å². The van der Waals surface area contributed by atoms with Gasteiger partial charge in [-0.2, -0.15) is 18.4 Å². The molecule has 0 fully saturated rings. The predicted molar refractivity (Wildman–Crippen MR) is 124 cm³/mol. The Balaban J connectivity index is 1.82. The molecule has 9 heteroatoms. The minimum absolute atomic E-state index is 0.162. The minimum Gasteiger partial charge on any atom is -0.325 e. The van der Waals surface area contributed by atoms with E-state index in [0.29, 0.717) is 5.56 Å². The molecule has 5 nitrogen and oxygen atoms in total. The molecule has 34 heavy (non-hydrogen) atoms. The van der Waals surface area contributed by atoms with Crippen molar-refractivity contribution in [1.29, 1.82) is 5.26 Å². The molecule has 0 spiro atoms. The number of alkyl halides is 3. The normalized spacial score (nSPS) is 11.2. The molecule has 0 unspecified atom stereocenters. The van der Waals surface area contributed by atoms with Crippen molar-refractivity contribution < 1.29 is 22.8 Å². The largest absolute Gasteiger partial charge is 0.417 e. The maximum Gasteiger partial charge on any atom is 0.417 e. The van der Waals surface area contributed by atoms with Gasteiger partial charge in [-0.25, -0.2) is 4.98 Å². The van der Waals surface area contributed by atoms with Gasteiger partial charge in [-0.15, -0.1) is 0 Å². The molecule has 0 radical (unpaired) electrons. The molecule has 174 valence electrons. The molecule has 0 aliphatic rings. The van der Waals surface area contributed by atoms with Crippen LogP contribution >= 0.6 is 11.8 Å². The van der Waals surface area contributed by atoms with Gasteiger partial charge < -0.3 is 5.32 Å². The van der Waals surface area contributed by atoms with Crippen LogP contribution in [0.2, 0.25) is 0 Å². The summed E-state index contributed by atoms with van der Waals surface area (Å²) < 4.78 is 40.5. The maximum absolute atomic E-state index is 13.5. The monoisotopic (exact) mass is 483 g/mol. The van der Waals surface area contributed by atoms with Crippen molar-refractivity contribution in [2.75, 3.05) is 11.1 Å². The van der Waals surface area contributed by atoms with Crippen LogP contribution < -0.4 is 5.32 Å². The number of carbonyl (C=O) groups is 2. The third-order valence-electron chi connectivity index (χ3n) is 4.84. The van der Waals surface area contributed by atoms with Crippen molar-refractivity contribution >= 4 is 29.1 Å². The van der Waals surface area contributed by atoms with Gasteiger partial charge >= 0.3 is 6.18 Å². The number of nitrogens with zero attached hydrogens (tertiary/aromatic N) is 2. The Morgan fingerprint density at radius 2 is 1.74 bits per heavy atom. The SMILES string of the molecule is CC(C)c1cc(C(F)(F)F)c(C#N)c(SCC(=O)Nc2ccccc2C(=O)c2ccccc2)n1. The molecular weight excluding hydrogens is 463 g/mol. The highest BCUT2D eigenvalue weighted by Gasteiger charge is 2.36. The Morgan fingerprint density at radius 3 is 2.35 bits per heavy atom. The number of halogens is 3. The van der Waals surface area contributed by atoms with Gasteiger partial charge in [0.1, 0.15) is 11.1 Å². The Kier molecular flexibility index (Phi) is 7.74. The van der Waals surface area contributed by atoms with Crippen LogP contribution in [0.3, 0.4) is 0 Å². The van der Waals surface area contributed by atoms with Crippen molar-refractivity contribution in [2.24, 2.45) is 0 Å². The van der Waals surface area contributed by atoms with Crippen LogP contribution in [0.1, 0.15) is 52.5 Å². The van der Waals surface area contributed by atoms with E-state index in [1.165, 1.54) is 0 Å². The zero-order valence-electron chi connectivity index (χ0n) is 18.3. The summed E-state index contributed by atoms with van der Waals surface area (Å²) in [5.41, 5.74) is -0.504. The number of ketones is 1. The lowest BCUT2D eigenvalue weighted by molar-refractivity contribution is -0.138. The highest BCUT2D eigenvalue weighted by atomic mass is 32.2. The van der Waals surface area contributed by atoms with E-state index in [-0.39, 0.29) is 39.4 Å². The molecule has 1 heterocycles. The third kappa shape index (κ3) is 5.83. The quantitative estimate of drug-likeness (QED) is 0.326. The van der Waals surface area contributed by atoms with Crippen molar-refractivity contribution in [1.82, 2.24) is 4.98 Å². The van der Waals surface area contributed by atoms with Crippen molar-refractivity contribution in [3.63, 3.8) is 0 Å². The summed E-state index contributed by atoms with van der Waals surface area (Å²) in [5, 5.41) is 11.8. The minimum atomic E-state index is -4.73. The zero-order chi connectivity index (χ0) is 24.9. The van der Waals surface area contributed by atoms with E-state index in [4.69, 9.17) is 0 Å². The summed E-state index contributed by atoms with van der Waals surface area (Å²) in [5.74, 6) is -1.43. The Hall–Kier alpha value is -3.64. The molecule has 1 amide bonds. The first-order chi connectivity index (χ1) is 16.1. The average molecular weight is 484 g/mol. The van der Waals surface area contributed by atoms with Crippen LogP contribution in [-0.4, -0.2) is 22.4 Å². The van der Waals surface area contributed by atoms with E-state index in [9.17, 15) is 28.0 Å². The second-order valence-corrected chi connectivity index (χ2v) is 8.58. The molecule has 0 saturated heterocycles. The second-order valence-electron chi connectivity index (χ2n) is 7.62. The smallest absolute Gasteiger partial charge is 0.325 e. The van der Waals surface area contributed by atoms with Crippen LogP contribution in [0.5, 0.6) is 0 Å². The van der Waals surface area contributed by atoms with Gasteiger partial charge in [-0.1, -0.05) is 68.1 Å². The van der Waals surface area contributed by atoms with Gasteiger partial charge in [0.25, 0.3) is 0 Å². The van der Waals surface area contributed by atoms with E-state index in [2.05, 4.69) is 10.3 Å². The van der Waals surface area contributed by atoms with Gasteiger partial charge in [0.2, 0.25) is 5.91 Å². The molecule has 0 bridgehead atoms. The maximum atomic E-state index is 13.5. The summed E-state index contributed by atoms with van der Waals surface area (Å²) >= 11 is 0.741. The van der Waals surface area contributed by atoms with Crippen LogP contribution in [-0.2, 0) is 11.0 Å². The second kappa shape index (κ2) is 10.5. The van der Waals surface area contributed by atoms with E-state index in [1.54, 1.807) is 74.5 Å². The number of nitriles is 1. The molecule has 0 atom stereocenters. The summed E-state index contributed by atoms with van der Waals surface area (Å²) in [6, 6.07) is 17.5. The van der Waals surface area contributed by atoms with Crippen molar-refractivity contribution in [2.45, 2.75) is 31.0 Å². The number of pyridine rings is 1. The highest BCUT2D eigenvalue weighted by Crippen LogP contribution is 2.37. The first-order valence-corrected chi connectivity index (χ1v) is 11.2. The Morgan fingerprint density at radius 1 is 1.09 bits per heavy atom. The lowest BCUT2D eigenvalue weighted by atomic mass is 10.0. The zero-order valence-corrected chi connectivity index (χ0v) is 19.1. The van der Waals surface area contributed by atoms with E-state index in [0.717, 1.165) is 17.8 Å². The number of benzene rings is 2. The molecule has 1 aromatic heterocycles. The van der Waals surface area contributed by atoms with Gasteiger partial charge in [0.05, 0.1) is 22.6 Å². The number of aromatic nitrogens is 1. The average Bonchev–Trinajstić information content (AvgIpc) is 2.82. The first-order valence-electron chi connectivity index (χ1n) is 10.3. The molecule has 2 aromatic carbocycles. The molecule has 0 aliphatic carbocycles. The number of anilines is 1. The standard InChI is InChI=1S/C25H20F3N3O2S/c1-15(2)21-12-19(25(26,27)28)18(13-29)24(31-21)34-14-22(32)30-20-11-7-6-10-17(20)23(33)16-8-4-3-5-9-16/h3-12,15H,14H2,1-2H3,(H,30,32). The lowest BCUT2D eigenvalue weighted by Crippen LogP contribution is -2.17. The molecule has 3 rings (SSSR count). The number of para-hydroxylation sites is 1. The fourth-order valence-corrected chi connectivity index (χ4v) is 3.94. The topological polar surface area (TPSA) is 82.9 Å². The number of thioether (sulfide) groups is 1.